The highest BCUT2D eigenvalue weighted by molar-refractivity contribution is 5.72. The van der Waals surface area contributed by atoms with Crippen LogP contribution < -0.4 is 5.73 Å². The molecule has 0 spiro atoms. The number of hydrogen-bond donors (Lipinski definition) is 1. The van der Waals surface area contributed by atoms with Crippen LogP contribution in [0.1, 0.15) is 68.2 Å². The first kappa shape index (κ1) is 19.7. The average molecular weight is 404 g/mol. The highest BCUT2D eigenvalue weighted by Gasteiger charge is 2.52. The number of fused-ring (bicyclic) bond motifs is 4. The zero-order valence-electron chi connectivity index (χ0n) is 17.3. The number of hydrogen-bond acceptors (Lipinski definition) is 4. The Balaban J connectivity index is 1.79. The van der Waals surface area contributed by atoms with Crippen molar-refractivity contribution >= 4 is 11.9 Å². The summed E-state index contributed by atoms with van der Waals surface area (Å²) >= 11 is 0. The number of benzene rings is 1. The summed E-state index contributed by atoms with van der Waals surface area (Å²) in [7, 11) is 0. The van der Waals surface area contributed by atoms with E-state index in [1.807, 2.05) is 0 Å². The van der Waals surface area contributed by atoms with Crippen LogP contribution in [-0.4, -0.2) is 32.4 Å². The van der Waals surface area contributed by atoms with Crippen molar-refractivity contribution < 1.29 is 18.3 Å². The number of alkyl halides is 1. The second-order valence-electron chi connectivity index (χ2n) is 8.94. The van der Waals surface area contributed by atoms with Crippen molar-refractivity contribution in [2.45, 2.75) is 71.3 Å². The van der Waals surface area contributed by atoms with Gasteiger partial charge in [0.05, 0.1) is 17.8 Å². The van der Waals surface area contributed by atoms with Crippen molar-refractivity contribution in [3.63, 3.8) is 0 Å². The topological polar surface area (TPSA) is 73.4 Å². The van der Waals surface area contributed by atoms with Crippen LogP contribution >= 0.6 is 0 Å². The van der Waals surface area contributed by atoms with Gasteiger partial charge in [-0.15, -0.1) is 0 Å². The number of rotatable bonds is 1. The maximum Gasteiger partial charge on any atom is 0.411 e. The molecule has 1 aromatic carbocycles. The average Bonchev–Trinajstić information content (AvgIpc) is 3.15. The van der Waals surface area contributed by atoms with E-state index in [1.54, 1.807) is 46.8 Å². The summed E-state index contributed by atoms with van der Waals surface area (Å²) in [5, 5.41) is 4.44. The Kier molecular flexibility index (Phi) is 4.36. The molecule has 2 aromatic rings. The minimum atomic E-state index is -1.46. The third kappa shape index (κ3) is 3.05. The molecule has 2 aliphatic rings. The van der Waals surface area contributed by atoms with Crippen LogP contribution in [-0.2, 0) is 4.74 Å². The molecule has 2 bridgehead atoms. The number of halogens is 2. The van der Waals surface area contributed by atoms with E-state index in [4.69, 9.17) is 10.5 Å². The lowest BCUT2D eigenvalue weighted by Crippen LogP contribution is -2.45. The summed E-state index contributed by atoms with van der Waals surface area (Å²) in [4.78, 5) is 14.2. The molecule has 29 heavy (non-hydrogen) atoms. The number of ether oxygens (including phenoxy) is 1. The maximum atomic E-state index is 15.4. The van der Waals surface area contributed by atoms with E-state index in [9.17, 15) is 9.18 Å². The predicted molar refractivity (Wildman–Crippen MR) is 105 cm³/mol. The number of nitrogens with zero attached hydrogens (tertiary/aromatic N) is 3. The minimum absolute atomic E-state index is 0.259. The molecule has 0 unspecified atom stereocenters. The number of nitrogen functional groups attached to an aromatic ring is 1. The summed E-state index contributed by atoms with van der Waals surface area (Å²) in [5.41, 5.74) is 7.99. The molecule has 1 fully saturated rings. The molecular formula is C21H26F2N4O2. The highest BCUT2D eigenvalue weighted by Crippen LogP contribution is 2.52. The van der Waals surface area contributed by atoms with E-state index >= 15 is 4.39 Å². The predicted octanol–water partition coefficient (Wildman–Crippen LogP) is 4.68. The Bertz CT molecular complexity index is 972. The molecule has 3 heterocycles. The summed E-state index contributed by atoms with van der Waals surface area (Å²) < 4.78 is 36.4. The summed E-state index contributed by atoms with van der Waals surface area (Å²) in [5.74, 6) is -0.0188. The van der Waals surface area contributed by atoms with Crippen LogP contribution in [0.25, 0.3) is 5.69 Å². The van der Waals surface area contributed by atoms with E-state index in [2.05, 4.69) is 5.10 Å². The first-order valence-corrected chi connectivity index (χ1v) is 9.80. The molecule has 2 aliphatic heterocycles. The molecule has 1 aromatic heterocycles. The molecule has 2 N–H and O–H groups in total. The zero-order valence-corrected chi connectivity index (χ0v) is 17.3. The monoisotopic (exact) mass is 404 g/mol. The second kappa shape index (κ2) is 6.43. The van der Waals surface area contributed by atoms with E-state index in [0.717, 1.165) is 0 Å². The van der Waals surface area contributed by atoms with Gasteiger partial charge in [-0.2, -0.15) is 5.10 Å². The van der Waals surface area contributed by atoms with Gasteiger partial charge in [0.15, 0.2) is 6.17 Å². The number of aryl methyl sites for hydroxylation is 2. The Hall–Kier alpha value is -2.64. The van der Waals surface area contributed by atoms with Gasteiger partial charge in [-0.05, 0) is 70.7 Å². The number of anilines is 1. The molecule has 1 amide bonds. The van der Waals surface area contributed by atoms with Crippen molar-refractivity contribution in [2.24, 2.45) is 0 Å². The second-order valence-corrected chi connectivity index (χ2v) is 8.94. The Morgan fingerprint density at radius 2 is 1.86 bits per heavy atom. The minimum Gasteiger partial charge on any atom is -0.444 e. The maximum absolute atomic E-state index is 15.4. The number of nitrogens with two attached hydrogens (primary N) is 1. The molecule has 4 rings (SSSR count). The normalized spacial score (nSPS) is 23.3. The quantitative estimate of drug-likeness (QED) is 0.749. The van der Waals surface area contributed by atoms with Gasteiger partial charge >= 0.3 is 6.09 Å². The van der Waals surface area contributed by atoms with E-state index in [0.29, 0.717) is 35.2 Å². The largest absolute Gasteiger partial charge is 0.444 e. The van der Waals surface area contributed by atoms with Gasteiger partial charge in [-0.3, -0.25) is 4.90 Å². The Morgan fingerprint density at radius 1 is 1.24 bits per heavy atom. The SMILES string of the molecule is Cc1cc(-n2nc3c(c2N)[C@H]2CC[C@@H]([C@@H]3F)N2C(=O)OC(C)(C)C)cc(C)c1F. The van der Waals surface area contributed by atoms with E-state index < -0.39 is 23.9 Å². The van der Waals surface area contributed by atoms with Crippen LogP contribution in [0, 0.1) is 19.7 Å². The summed E-state index contributed by atoms with van der Waals surface area (Å²) in [6, 6.07) is 2.26. The third-order valence-corrected chi connectivity index (χ3v) is 5.62. The van der Waals surface area contributed by atoms with Crippen LogP contribution in [0.3, 0.4) is 0 Å². The van der Waals surface area contributed by atoms with Crippen LogP contribution in [0.15, 0.2) is 12.1 Å². The highest BCUT2D eigenvalue weighted by atomic mass is 19.1. The third-order valence-electron chi connectivity index (χ3n) is 5.62. The van der Waals surface area contributed by atoms with Crippen LogP contribution in [0.4, 0.5) is 19.4 Å². The van der Waals surface area contributed by atoms with Gasteiger partial charge in [-0.25, -0.2) is 18.3 Å². The van der Waals surface area contributed by atoms with Crippen molar-refractivity contribution in [1.82, 2.24) is 14.7 Å². The number of aromatic nitrogens is 2. The van der Waals surface area contributed by atoms with Gasteiger partial charge in [0.2, 0.25) is 0 Å². The molecule has 1 saturated heterocycles. The first-order valence-electron chi connectivity index (χ1n) is 9.80. The van der Waals surface area contributed by atoms with Crippen LogP contribution in [0.2, 0.25) is 0 Å². The number of carbonyl (C=O) groups is 1. The molecule has 0 saturated carbocycles. The molecule has 6 nitrogen and oxygen atoms in total. The van der Waals surface area contributed by atoms with Gasteiger partial charge in [0.1, 0.15) is 22.9 Å². The van der Waals surface area contributed by atoms with Gasteiger partial charge < -0.3 is 10.5 Å². The standard InChI is InChI=1S/C21H26F2N4O2/c1-10-8-12(9-11(2)16(10)22)27-19(24)15-13-6-7-14(17(23)18(15)25-27)26(13)20(28)29-21(3,4)5/h8-9,13-14,17H,6-7,24H2,1-5H3/t13-,14+,17+/m1/s1. The van der Waals surface area contributed by atoms with Crippen LogP contribution in [0.5, 0.6) is 0 Å². The fourth-order valence-electron chi connectivity index (χ4n) is 4.42. The lowest BCUT2D eigenvalue weighted by atomic mass is 9.98. The van der Waals surface area contributed by atoms with Crippen molar-refractivity contribution in [1.29, 1.82) is 0 Å². The zero-order chi connectivity index (χ0) is 21.2. The van der Waals surface area contributed by atoms with Gasteiger partial charge in [-0.1, -0.05) is 0 Å². The Labute approximate surface area is 168 Å². The van der Waals surface area contributed by atoms with E-state index in [1.165, 1.54) is 9.58 Å². The summed E-state index contributed by atoms with van der Waals surface area (Å²) in [6.45, 7) is 8.66. The molecule has 0 aliphatic carbocycles. The molecule has 156 valence electrons. The first-order chi connectivity index (χ1) is 13.5. The van der Waals surface area contributed by atoms with E-state index in [-0.39, 0.29) is 23.4 Å². The molecule has 3 atom stereocenters. The summed E-state index contributed by atoms with van der Waals surface area (Å²) in [6.07, 6.45) is -0.883. The van der Waals surface area contributed by atoms with Crippen molar-refractivity contribution in [3.05, 3.63) is 40.3 Å². The number of amides is 1. The molecule has 8 heteroatoms. The lowest BCUT2D eigenvalue weighted by Gasteiger charge is -2.37. The van der Waals surface area contributed by atoms with Gasteiger partial charge in [0, 0.05) is 5.56 Å². The molecular weight excluding hydrogens is 378 g/mol. The Morgan fingerprint density at radius 3 is 2.45 bits per heavy atom. The fraction of sp³-hybridized carbons (Fsp3) is 0.524. The van der Waals surface area contributed by atoms with Crippen molar-refractivity contribution in [2.75, 3.05) is 5.73 Å². The molecule has 0 radical (unpaired) electrons. The lowest BCUT2D eigenvalue weighted by molar-refractivity contribution is 0.00115. The smallest absolute Gasteiger partial charge is 0.411 e. The fourth-order valence-corrected chi connectivity index (χ4v) is 4.42. The van der Waals surface area contributed by atoms with Crippen molar-refractivity contribution in [3.8, 4) is 5.69 Å². The van der Waals surface area contributed by atoms with Gasteiger partial charge in [0.25, 0.3) is 0 Å². The number of carbonyl (C=O) groups excluding carboxylic acids is 1.